The minimum atomic E-state index is -0.329. The van der Waals surface area contributed by atoms with Gasteiger partial charge in [0, 0.05) is 24.6 Å². The number of amides is 1. The molecule has 1 amide bonds. The number of carbonyl (C=O) groups is 1. The first-order chi connectivity index (χ1) is 9.97. The molecule has 3 N–H and O–H groups in total. The van der Waals surface area contributed by atoms with Crippen LogP contribution in [0.5, 0.6) is 0 Å². The first kappa shape index (κ1) is 15.5. The van der Waals surface area contributed by atoms with Crippen LogP contribution in [0, 0.1) is 6.92 Å². The molecule has 1 aromatic heterocycles. The van der Waals surface area contributed by atoms with Crippen LogP contribution in [0.15, 0.2) is 0 Å². The molecule has 0 spiro atoms. The van der Waals surface area contributed by atoms with Crippen molar-refractivity contribution in [3.8, 4) is 0 Å². The first-order valence-corrected chi connectivity index (χ1v) is 7.67. The van der Waals surface area contributed by atoms with Crippen molar-refractivity contribution in [3.63, 3.8) is 0 Å². The van der Waals surface area contributed by atoms with Crippen molar-refractivity contribution in [1.82, 2.24) is 14.9 Å². The van der Waals surface area contributed by atoms with Gasteiger partial charge in [-0.05, 0) is 40.5 Å². The molecule has 1 fully saturated rings. The number of hydrogen-bond donors (Lipinski definition) is 2. The van der Waals surface area contributed by atoms with E-state index in [-0.39, 0.29) is 11.9 Å². The lowest BCUT2D eigenvalue weighted by atomic mass is 10.2. The molecular weight excluding hydrogens is 266 g/mol. The summed E-state index contributed by atoms with van der Waals surface area (Å²) in [5.41, 5.74) is 6.77. The van der Waals surface area contributed by atoms with E-state index in [2.05, 4.69) is 15.3 Å². The number of aromatic nitrogens is 2. The van der Waals surface area contributed by atoms with Crippen LogP contribution in [0.2, 0.25) is 0 Å². The lowest BCUT2D eigenvalue weighted by Gasteiger charge is -2.24. The van der Waals surface area contributed by atoms with Gasteiger partial charge in [0.15, 0.2) is 0 Å². The fourth-order valence-electron chi connectivity index (χ4n) is 2.29. The van der Waals surface area contributed by atoms with E-state index in [1.165, 1.54) is 0 Å². The Morgan fingerprint density at radius 1 is 1.38 bits per heavy atom. The summed E-state index contributed by atoms with van der Waals surface area (Å²) < 4.78 is 0. The van der Waals surface area contributed by atoms with E-state index in [0.29, 0.717) is 30.6 Å². The van der Waals surface area contributed by atoms with Crippen molar-refractivity contribution >= 4 is 17.5 Å². The van der Waals surface area contributed by atoms with E-state index in [9.17, 15) is 4.79 Å². The maximum absolute atomic E-state index is 12.3. The zero-order valence-corrected chi connectivity index (χ0v) is 13.3. The van der Waals surface area contributed by atoms with E-state index in [0.717, 1.165) is 24.2 Å². The van der Waals surface area contributed by atoms with Gasteiger partial charge in [-0.15, -0.1) is 0 Å². The van der Waals surface area contributed by atoms with E-state index in [1.54, 1.807) is 4.90 Å². The van der Waals surface area contributed by atoms with Crippen LogP contribution < -0.4 is 11.1 Å². The highest BCUT2D eigenvalue weighted by molar-refractivity contribution is 5.84. The van der Waals surface area contributed by atoms with Crippen molar-refractivity contribution in [2.45, 2.75) is 52.5 Å². The topological polar surface area (TPSA) is 84.1 Å². The van der Waals surface area contributed by atoms with Crippen molar-refractivity contribution in [2.75, 3.05) is 24.1 Å². The van der Waals surface area contributed by atoms with Crippen molar-refractivity contribution in [1.29, 1.82) is 0 Å². The van der Waals surface area contributed by atoms with Gasteiger partial charge in [0.25, 0.3) is 0 Å². The summed E-state index contributed by atoms with van der Waals surface area (Å²) in [6, 6.07) is -0.329. The number of anilines is 2. The normalized spacial score (nSPS) is 15.6. The zero-order valence-electron chi connectivity index (χ0n) is 13.3. The molecule has 1 heterocycles. The molecule has 0 bridgehead atoms. The second-order valence-corrected chi connectivity index (χ2v) is 5.59. The van der Waals surface area contributed by atoms with Gasteiger partial charge in [0.1, 0.15) is 23.5 Å². The minimum Gasteiger partial charge on any atom is -0.383 e. The van der Waals surface area contributed by atoms with Gasteiger partial charge in [0.05, 0.1) is 0 Å². The monoisotopic (exact) mass is 291 g/mol. The van der Waals surface area contributed by atoms with E-state index in [1.807, 2.05) is 27.7 Å². The Balaban J connectivity index is 2.16. The Morgan fingerprint density at radius 3 is 2.52 bits per heavy atom. The molecule has 1 aliphatic carbocycles. The van der Waals surface area contributed by atoms with Crippen molar-refractivity contribution in [3.05, 3.63) is 11.4 Å². The quantitative estimate of drug-likeness (QED) is 0.836. The molecule has 6 heteroatoms. The highest BCUT2D eigenvalue weighted by Crippen LogP contribution is 2.39. The third-order valence-corrected chi connectivity index (χ3v) is 3.94. The predicted octanol–water partition coefficient (Wildman–Crippen LogP) is 1.91. The Bertz CT molecular complexity index is 523. The highest BCUT2D eigenvalue weighted by Gasteiger charge is 2.28. The number of carbonyl (C=O) groups excluding carboxylic acids is 1. The predicted molar refractivity (Wildman–Crippen MR) is 84.2 cm³/mol. The third-order valence-electron chi connectivity index (χ3n) is 3.94. The van der Waals surface area contributed by atoms with Gasteiger partial charge in [-0.1, -0.05) is 0 Å². The number of nitrogens with one attached hydrogen (secondary N) is 1. The molecule has 0 saturated heterocycles. The molecule has 0 aromatic carbocycles. The van der Waals surface area contributed by atoms with Crippen LogP contribution in [0.1, 0.15) is 50.9 Å². The van der Waals surface area contributed by atoms with Gasteiger partial charge in [-0.2, -0.15) is 0 Å². The Labute approximate surface area is 126 Å². The van der Waals surface area contributed by atoms with Crippen LogP contribution in [0.25, 0.3) is 0 Å². The number of likely N-dealkylation sites (N-methyl/N-ethyl adjacent to an activating group) is 1. The summed E-state index contributed by atoms with van der Waals surface area (Å²) in [5.74, 6) is 2.48. The number of nitrogen functional groups attached to an aromatic ring is 1. The smallest absolute Gasteiger partial charge is 0.244 e. The van der Waals surface area contributed by atoms with E-state index < -0.39 is 0 Å². The standard InChI is InChI=1S/C15H25N5O/c1-5-20(6-2)15(21)10(4)17-13-9(3)12(16)18-14(19-13)11-7-8-11/h10-11H,5-8H2,1-4H3,(H3,16,17,18,19). The molecule has 1 saturated carbocycles. The molecule has 2 rings (SSSR count). The van der Waals surface area contributed by atoms with Crippen LogP contribution in [0.4, 0.5) is 11.6 Å². The number of hydrogen-bond acceptors (Lipinski definition) is 5. The molecule has 0 aliphatic heterocycles. The molecule has 1 aromatic rings. The summed E-state index contributed by atoms with van der Waals surface area (Å²) in [6.07, 6.45) is 2.24. The first-order valence-electron chi connectivity index (χ1n) is 7.67. The second kappa shape index (κ2) is 6.28. The van der Waals surface area contributed by atoms with Gasteiger partial charge < -0.3 is 16.0 Å². The zero-order chi connectivity index (χ0) is 15.6. The average Bonchev–Trinajstić information content (AvgIpc) is 3.29. The Hall–Kier alpha value is -1.85. The molecule has 1 unspecified atom stereocenters. The largest absolute Gasteiger partial charge is 0.383 e. The average molecular weight is 291 g/mol. The molecule has 6 nitrogen and oxygen atoms in total. The highest BCUT2D eigenvalue weighted by atomic mass is 16.2. The summed E-state index contributed by atoms with van der Waals surface area (Å²) in [6.45, 7) is 9.11. The molecule has 0 radical (unpaired) electrons. The maximum Gasteiger partial charge on any atom is 0.244 e. The minimum absolute atomic E-state index is 0.0737. The van der Waals surface area contributed by atoms with Crippen LogP contribution in [0.3, 0.4) is 0 Å². The summed E-state index contributed by atoms with van der Waals surface area (Å²) in [4.78, 5) is 23.0. The number of nitrogens with zero attached hydrogens (tertiary/aromatic N) is 3. The van der Waals surface area contributed by atoms with Crippen molar-refractivity contribution in [2.24, 2.45) is 0 Å². The summed E-state index contributed by atoms with van der Waals surface area (Å²) in [7, 11) is 0. The fraction of sp³-hybridized carbons (Fsp3) is 0.667. The Morgan fingerprint density at radius 2 is 2.00 bits per heavy atom. The van der Waals surface area contributed by atoms with Gasteiger partial charge in [-0.25, -0.2) is 9.97 Å². The number of rotatable bonds is 6. The molecule has 116 valence electrons. The lowest BCUT2D eigenvalue weighted by molar-refractivity contribution is -0.131. The van der Waals surface area contributed by atoms with Crippen LogP contribution in [-0.4, -0.2) is 39.9 Å². The van der Waals surface area contributed by atoms with Gasteiger partial charge in [-0.3, -0.25) is 4.79 Å². The number of nitrogens with two attached hydrogens (primary N) is 1. The molecule has 1 aliphatic rings. The maximum atomic E-state index is 12.3. The fourth-order valence-corrected chi connectivity index (χ4v) is 2.29. The van der Waals surface area contributed by atoms with Gasteiger partial charge >= 0.3 is 0 Å². The molecular formula is C15H25N5O. The summed E-state index contributed by atoms with van der Waals surface area (Å²) in [5, 5.41) is 3.20. The SMILES string of the molecule is CCN(CC)C(=O)C(C)Nc1nc(C2CC2)nc(N)c1C. The van der Waals surface area contributed by atoms with Crippen LogP contribution >= 0.6 is 0 Å². The molecule has 1 atom stereocenters. The van der Waals surface area contributed by atoms with E-state index in [4.69, 9.17) is 5.73 Å². The second-order valence-electron chi connectivity index (χ2n) is 5.59. The third kappa shape index (κ3) is 3.43. The van der Waals surface area contributed by atoms with Crippen molar-refractivity contribution < 1.29 is 4.79 Å². The van der Waals surface area contributed by atoms with Crippen LogP contribution in [-0.2, 0) is 4.79 Å². The Kier molecular flexibility index (Phi) is 4.65. The van der Waals surface area contributed by atoms with Gasteiger partial charge in [0.2, 0.25) is 5.91 Å². The van der Waals surface area contributed by atoms with E-state index >= 15 is 0 Å². The lowest BCUT2D eigenvalue weighted by Crippen LogP contribution is -2.41. The summed E-state index contributed by atoms with van der Waals surface area (Å²) >= 11 is 0. The molecule has 21 heavy (non-hydrogen) atoms.